The highest BCUT2D eigenvalue weighted by Crippen LogP contribution is 2.17. The molecule has 22 heavy (non-hydrogen) atoms. The Bertz CT molecular complexity index is 856. The van der Waals surface area contributed by atoms with Gasteiger partial charge in [-0.25, -0.2) is 10.1 Å². The highest BCUT2D eigenvalue weighted by atomic mass is 35.5. The number of benzene rings is 2. The van der Waals surface area contributed by atoms with E-state index in [-0.39, 0.29) is 5.91 Å². The van der Waals surface area contributed by atoms with E-state index in [1.807, 2.05) is 0 Å². The Labute approximate surface area is 134 Å². The van der Waals surface area contributed by atoms with Gasteiger partial charge in [0.25, 0.3) is 5.91 Å². The minimum absolute atomic E-state index is 0.380. The molecule has 0 radical (unpaired) electrons. The van der Waals surface area contributed by atoms with Gasteiger partial charge in [-0.2, -0.15) is 5.10 Å². The summed E-state index contributed by atoms with van der Waals surface area (Å²) in [5.74, 6) is -0.380. The second kappa shape index (κ2) is 6.13. The van der Waals surface area contributed by atoms with Crippen molar-refractivity contribution in [2.75, 3.05) is 0 Å². The molecule has 0 unspecified atom stereocenters. The van der Waals surface area contributed by atoms with Gasteiger partial charge in [-0.3, -0.25) is 4.79 Å². The van der Waals surface area contributed by atoms with Crippen LogP contribution in [0.15, 0.2) is 46.1 Å². The van der Waals surface area contributed by atoms with Gasteiger partial charge in [0.05, 0.1) is 6.21 Å². The maximum Gasteiger partial charge on any atom is 0.271 e. The molecule has 110 valence electrons. The van der Waals surface area contributed by atoms with Crippen molar-refractivity contribution in [2.45, 2.75) is 0 Å². The number of halogens is 2. The van der Waals surface area contributed by atoms with Crippen LogP contribution in [0.2, 0.25) is 10.0 Å². The standard InChI is InChI=1S/C14H8Cl2N4O2/c15-10-3-8(4-11(16)6-10)7-17-18-14(21)9-1-2-12-13(5-9)20-22-19-12/h1-7H,(H,18,21). The Morgan fingerprint density at radius 2 is 1.82 bits per heavy atom. The summed E-state index contributed by atoms with van der Waals surface area (Å²) in [6, 6.07) is 9.77. The van der Waals surface area contributed by atoms with E-state index in [4.69, 9.17) is 23.2 Å². The number of hydrogen-bond acceptors (Lipinski definition) is 5. The predicted molar refractivity (Wildman–Crippen MR) is 83.3 cm³/mol. The lowest BCUT2D eigenvalue weighted by molar-refractivity contribution is 0.0955. The van der Waals surface area contributed by atoms with Gasteiger partial charge in [0.15, 0.2) is 0 Å². The normalized spacial score (nSPS) is 11.2. The lowest BCUT2D eigenvalue weighted by Gasteiger charge is -2.00. The first-order valence-electron chi connectivity index (χ1n) is 6.14. The Balaban J connectivity index is 1.72. The van der Waals surface area contributed by atoms with Gasteiger partial charge in [-0.05, 0) is 52.3 Å². The number of hydrogen-bond donors (Lipinski definition) is 1. The predicted octanol–water partition coefficient (Wildman–Crippen LogP) is 3.29. The quantitative estimate of drug-likeness (QED) is 0.588. The zero-order valence-electron chi connectivity index (χ0n) is 11.0. The highest BCUT2D eigenvalue weighted by molar-refractivity contribution is 6.35. The lowest BCUT2D eigenvalue weighted by Crippen LogP contribution is -2.17. The Morgan fingerprint density at radius 1 is 1.09 bits per heavy atom. The summed E-state index contributed by atoms with van der Waals surface area (Å²) in [6.07, 6.45) is 1.45. The number of carbonyl (C=O) groups excluding carboxylic acids is 1. The first-order valence-corrected chi connectivity index (χ1v) is 6.89. The van der Waals surface area contributed by atoms with E-state index >= 15 is 0 Å². The lowest BCUT2D eigenvalue weighted by atomic mass is 10.2. The summed E-state index contributed by atoms with van der Waals surface area (Å²) in [5.41, 5.74) is 4.55. The zero-order valence-corrected chi connectivity index (χ0v) is 12.5. The van der Waals surface area contributed by atoms with E-state index in [0.717, 1.165) is 0 Å². The van der Waals surface area contributed by atoms with Crippen LogP contribution in [0, 0.1) is 0 Å². The van der Waals surface area contributed by atoms with Crippen molar-refractivity contribution in [3.63, 3.8) is 0 Å². The number of hydrazone groups is 1. The Hall–Kier alpha value is -2.44. The Kier molecular flexibility index (Phi) is 4.04. The van der Waals surface area contributed by atoms with Gasteiger partial charge in [0.1, 0.15) is 11.0 Å². The van der Waals surface area contributed by atoms with Crippen molar-refractivity contribution in [2.24, 2.45) is 5.10 Å². The molecular formula is C14H8Cl2N4O2. The van der Waals surface area contributed by atoms with Crippen LogP contribution in [-0.4, -0.2) is 22.4 Å². The number of amides is 1. The molecule has 0 spiro atoms. The van der Waals surface area contributed by atoms with Crippen molar-refractivity contribution >= 4 is 46.4 Å². The summed E-state index contributed by atoms with van der Waals surface area (Å²) in [5, 5.41) is 12.2. The third-order valence-corrected chi connectivity index (χ3v) is 3.22. The largest absolute Gasteiger partial charge is 0.271 e. The van der Waals surface area contributed by atoms with Gasteiger partial charge in [-0.15, -0.1) is 0 Å². The zero-order chi connectivity index (χ0) is 15.5. The monoisotopic (exact) mass is 334 g/mol. The number of nitrogens with one attached hydrogen (secondary N) is 1. The van der Waals surface area contributed by atoms with Gasteiger partial charge in [0, 0.05) is 15.6 Å². The Morgan fingerprint density at radius 3 is 2.59 bits per heavy atom. The summed E-state index contributed by atoms with van der Waals surface area (Å²) in [7, 11) is 0. The van der Waals surface area contributed by atoms with Crippen molar-refractivity contribution in [3.05, 3.63) is 57.6 Å². The molecule has 1 amide bonds. The molecular weight excluding hydrogens is 327 g/mol. The van der Waals surface area contributed by atoms with Crippen LogP contribution < -0.4 is 5.43 Å². The maximum atomic E-state index is 12.0. The van der Waals surface area contributed by atoms with Gasteiger partial charge < -0.3 is 0 Å². The van der Waals surface area contributed by atoms with Crippen molar-refractivity contribution in [1.29, 1.82) is 0 Å². The maximum absolute atomic E-state index is 12.0. The first-order chi connectivity index (χ1) is 10.6. The van der Waals surface area contributed by atoms with E-state index < -0.39 is 0 Å². The number of aromatic nitrogens is 2. The van der Waals surface area contributed by atoms with Gasteiger partial charge >= 0.3 is 0 Å². The minimum atomic E-state index is -0.380. The molecule has 0 aliphatic carbocycles. The van der Waals surface area contributed by atoms with E-state index in [1.165, 1.54) is 6.21 Å². The van der Waals surface area contributed by atoms with Crippen molar-refractivity contribution in [3.8, 4) is 0 Å². The van der Waals surface area contributed by atoms with Gasteiger partial charge in [-0.1, -0.05) is 23.2 Å². The van der Waals surface area contributed by atoms with E-state index in [0.29, 0.717) is 32.2 Å². The fourth-order valence-electron chi connectivity index (χ4n) is 1.80. The van der Waals surface area contributed by atoms with Crippen molar-refractivity contribution in [1.82, 2.24) is 15.7 Å². The third-order valence-electron chi connectivity index (χ3n) is 2.78. The minimum Gasteiger partial charge on any atom is -0.267 e. The summed E-state index contributed by atoms with van der Waals surface area (Å²) < 4.78 is 4.57. The number of carbonyl (C=O) groups is 1. The molecule has 0 bridgehead atoms. The average Bonchev–Trinajstić information content (AvgIpc) is 2.93. The van der Waals surface area contributed by atoms with E-state index in [9.17, 15) is 4.79 Å². The number of fused-ring (bicyclic) bond motifs is 1. The van der Waals surface area contributed by atoms with E-state index in [1.54, 1.807) is 36.4 Å². The topological polar surface area (TPSA) is 80.4 Å². The second-order valence-corrected chi connectivity index (χ2v) is 5.24. The fourth-order valence-corrected chi connectivity index (χ4v) is 2.35. The first kappa shape index (κ1) is 14.5. The molecule has 0 aliphatic heterocycles. The number of rotatable bonds is 3. The van der Waals surface area contributed by atoms with Crippen LogP contribution in [0.1, 0.15) is 15.9 Å². The van der Waals surface area contributed by atoms with Crippen LogP contribution in [0.5, 0.6) is 0 Å². The highest BCUT2D eigenvalue weighted by Gasteiger charge is 2.07. The summed E-state index contributed by atoms with van der Waals surface area (Å²) >= 11 is 11.8. The molecule has 1 N–H and O–H groups in total. The fraction of sp³-hybridized carbons (Fsp3) is 0. The van der Waals surface area contributed by atoms with Crippen LogP contribution in [-0.2, 0) is 0 Å². The molecule has 0 aliphatic rings. The van der Waals surface area contributed by atoms with Crippen LogP contribution in [0.25, 0.3) is 11.0 Å². The molecule has 2 aromatic carbocycles. The molecule has 0 atom stereocenters. The molecule has 8 heteroatoms. The molecule has 0 fully saturated rings. The second-order valence-electron chi connectivity index (χ2n) is 4.37. The number of nitrogens with zero attached hydrogens (tertiary/aromatic N) is 3. The van der Waals surface area contributed by atoms with Gasteiger partial charge in [0.2, 0.25) is 0 Å². The van der Waals surface area contributed by atoms with Crippen LogP contribution >= 0.6 is 23.2 Å². The molecule has 6 nitrogen and oxygen atoms in total. The summed E-state index contributed by atoms with van der Waals surface area (Å²) in [4.78, 5) is 12.0. The SMILES string of the molecule is O=C(NN=Cc1cc(Cl)cc(Cl)c1)c1ccc2nonc2c1. The third kappa shape index (κ3) is 3.24. The molecule has 1 aromatic heterocycles. The molecule has 0 saturated heterocycles. The molecule has 0 saturated carbocycles. The molecule has 3 rings (SSSR count). The van der Waals surface area contributed by atoms with Crippen LogP contribution in [0.3, 0.4) is 0 Å². The summed E-state index contributed by atoms with van der Waals surface area (Å²) in [6.45, 7) is 0. The molecule has 1 heterocycles. The average molecular weight is 335 g/mol. The van der Waals surface area contributed by atoms with E-state index in [2.05, 4.69) is 25.5 Å². The van der Waals surface area contributed by atoms with Crippen LogP contribution in [0.4, 0.5) is 0 Å². The molecule has 3 aromatic rings. The van der Waals surface area contributed by atoms with Crippen molar-refractivity contribution < 1.29 is 9.42 Å². The smallest absolute Gasteiger partial charge is 0.267 e.